The zero-order valence-electron chi connectivity index (χ0n) is 10.5. The number of imide groups is 1. The fourth-order valence-electron chi connectivity index (χ4n) is 1.78. The van der Waals surface area contributed by atoms with Crippen LogP contribution in [-0.2, 0) is 14.4 Å². The van der Waals surface area contributed by atoms with Crippen LogP contribution in [0.25, 0.3) is 6.08 Å². The van der Waals surface area contributed by atoms with Gasteiger partial charge in [0.15, 0.2) is 0 Å². The molecular formula is C14H11N3O3. The van der Waals surface area contributed by atoms with Gasteiger partial charge in [0.2, 0.25) is 17.7 Å². The van der Waals surface area contributed by atoms with E-state index in [-0.39, 0.29) is 13.1 Å². The number of hydrogen-bond acceptors (Lipinski definition) is 4. The summed E-state index contributed by atoms with van der Waals surface area (Å²) in [5.74, 6) is -1.40. The Bertz CT molecular complexity index is 627. The summed E-state index contributed by atoms with van der Waals surface area (Å²) in [6.07, 6.45) is 2.82. The second-order valence-electron chi connectivity index (χ2n) is 4.24. The summed E-state index contributed by atoms with van der Waals surface area (Å²) in [7, 11) is 0. The van der Waals surface area contributed by atoms with Crippen molar-refractivity contribution in [2.45, 2.75) is 0 Å². The predicted octanol–water partition coefficient (Wildman–Crippen LogP) is 0.0565. The Morgan fingerprint density at radius 3 is 2.65 bits per heavy atom. The molecule has 0 unspecified atom stereocenters. The van der Waals surface area contributed by atoms with Crippen LogP contribution in [0, 0.1) is 11.3 Å². The molecule has 100 valence electrons. The van der Waals surface area contributed by atoms with Gasteiger partial charge in [-0.1, -0.05) is 12.1 Å². The van der Waals surface area contributed by atoms with Crippen molar-refractivity contribution in [3.63, 3.8) is 0 Å². The van der Waals surface area contributed by atoms with Crippen LogP contribution in [-0.4, -0.2) is 35.7 Å². The molecule has 0 aliphatic carbocycles. The summed E-state index contributed by atoms with van der Waals surface area (Å²) >= 11 is 0. The molecule has 0 spiro atoms. The first-order valence-corrected chi connectivity index (χ1v) is 5.88. The van der Waals surface area contributed by atoms with Gasteiger partial charge in [0.05, 0.1) is 11.6 Å². The van der Waals surface area contributed by atoms with Gasteiger partial charge in [-0.05, 0) is 23.8 Å². The third-order valence-corrected chi connectivity index (χ3v) is 2.69. The van der Waals surface area contributed by atoms with E-state index in [1.54, 1.807) is 30.3 Å². The standard InChI is InChI=1S/C14H11N3O3/c15-7-11-3-1-2-10(6-11)4-5-14(20)17-8-12(18)16-13(19)9-17/h1-6H,8-9H2,(H,16,18,19). The highest BCUT2D eigenvalue weighted by Crippen LogP contribution is 2.07. The van der Waals surface area contributed by atoms with Crippen molar-refractivity contribution in [3.05, 3.63) is 41.5 Å². The Hall–Kier alpha value is -2.94. The van der Waals surface area contributed by atoms with Gasteiger partial charge in [0, 0.05) is 6.08 Å². The van der Waals surface area contributed by atoms with Crippen LogP contribution in [0.15, 0.2) is 30.3 Å². The molecule has 1 aliphatic rings. The van der Waals surface area contributed by atoms with Gasteiger partial charge in [-0.15, -0.1) is 0 Å². The van der Waals surface area contributed by atoms with E-state index in [1.165, 1.54) is 6.08 Å². The monoisotopic (exact) mass is 269 g/mol. The van der Waals surface area contributed by atoms with Gasteiger partial charge in [-0.25, -0.2) is 0 Å². The van der Waals surface area contributed by atoms with E-state index < -0.39 is 17.7 Å². The van der Waals surface area contributed by atoms with E-state index in [2.05, 4.69) is 5.32 Å². The summed E-state index contributed by atoms with van der Waals surface area (Å²) in [5.41, 5.74) is 1.19. The maximum atomic E-state index is 11.9. The second kappa shape index (κ2) is 5.80. The number of amides is 3. The number of nitrogens with one attached hydrogen (secondary N) is 1. The normalized spacial score (nSPS) is 15.1. The minimum atomic E-state index is -0.491. The van der Waals surface area contributed by atoms with Crippen LogP contribution < -0.4 is 5.32 Å². The Balaban J connectivity index is 2.07. The van der Waals surface area contributed by atoms with E-state index in [4.69, 9.17) is 5.26 Å². The number of piperazine rings is 1. The minimum absolute atomic E-state index is 0.132. The highest BCUT2D eigenvalue weighted by Gasteiger charge is 2.24. The lowest BCUT2D eigenvalue weighted by molar-refractivity contribution is -0.143. The molecule has 20 heavy (non-hydrogen) atoms. The van der Waals surface area contributed by atoms with Gasteiger partial charge < -0.3 is 4.90 Å². The lowest BCUT2D eigenvalue weighted by atomic mass is 10.1. The average Bonchev–Trinajstić information content (AvgIpc) is 2.44. The molecular weight excluding hydrogens is 258 g/mol. The fourth-order valence-corrected chi connectivity index (χ4v) is 1.78. The minimum Gasteiger partial charge on any atom is -0.321 e. The molecule has 3 amide bonds. The largest absolute Gasteiger partial charge is 0.321 e. The van der Waals surface area contributed by atoms with Crippen LogP contribution in [0.4, 0.5) is 0 Å². The topological polar surface area (TPSA) is 90.3 Å². The van der Waals surface area contributed by atoms with Crippen molar-refractivity contribution in [1.29, 1.82) is 5.26 Å². The first-order valence-electron chi connectivity index (χ1n) is 5.88. The lowest BCUT2D eigenvalue weighted by Crippen LogP contribution is -2.52. The molecule has 0 atom stereocenters. The molecule has 0 radical (unpaired) electrons. The van der Waals surface area contributed by atoms with Crippen LogP contribution in [0.5, 0.6) is 0 Å². The average molecular weight is 269 g/mol. The summed E-state index contributed by atoms with van der Waals surface area (Å²) in [6.45, 7) is -0.264. The van der Waals surface area contributed by atoms with Crippen LogP contribution in [0.1, 0.15) is 11.1 Å². The number of carbonyl (C=O) groups is 3. The quantitative estimate of drug-likeness (QED) is 0.607. The third kappa shape index (κ3) is 3.29. The third-order valence-electron chi connectivity index (χ3n) is 2.69. The molecule has 1 fully saturated rings. The smallest absolute Gasteiger partial charge is 0.247 e. The fraction of sp³-hybridized carbons (Fsp3) is 0.143. The SMILES string of the molecule is N#Cc1cccc(C=CC(=O)N2CC(=O)NC(=O)C2)c1. The Kier molecular flexibility index (Phi) is 3.91. The number of benzene rings is 1. The highest BCUT2D eigenvalue weighted by atomic mass is 16.2. The maximum Gasteiger partial charge on any atom is 0.247 e. The molecule has 6 nitrogen and oxygen atoms in total. The Morgan fingerprint density at radius 1 is 1.30 bits per heavy atom. The Labute approximate surface area is 115 Å². The number of nitrogens with zero attached hydrogens (tertiary/aromatic N) is 2. The molecule has 2 rings (SSSR count). The first-order chi connectivity index (χ1) is 9.58. The van der Waals surface area contributed by atoms with Crippen molar-refractivity contribution in [2.75, 3.05) is 13.1 Å². The van der Waals surface area contributed by atoms with Crippen molar-refractivity contribution in [3.8, 4) is 6.07 Å². The van der Waals surface area contributed by atoms with Crippen LogP contribution in [0.2, 0.25) is 0 Å². The molecule has 1 heterocycles. The van der Waals surface area contributed by atoms with Gasteiger partial charge in [-0.2, -0.15) is 5.26 Å². The van der Waals surface area contributed by atoms with Crippen molar-refractivity contribution in [2.24, 2.45) is 0 Å². The molecule has 6 heteroatoms. The van der Waals surface area contributed by atoms with Crippen molar-refractivity contribution in [1.82, 2.24) is 10.2 Å². The molecule has 0 aromatic heterocycles. The van der Waals surface area contributed by atoms with Crippen molar-refractivity contribution < 1.29 is 14.4 Å². The summed E-state index contributed by atoms with van der Waals surface area (Å²) in [5, 5.41) is 10.9. The van der Waals surface area contributed by atoms with E-state index in [0.29, 0.717) is 11.1 Å². The van der Waals surface area contributed by atoms with Gasteiger partial charge in [0.25, 0.3) is 0 Å². The van der Waals surface area contributed by atoms with E-state index in [1.807, 2.05) is 6.07 Å². The molecule has 0 saturated carbocycles. The molecule has 1 aliphatic heterocycles. The van der Waals surface area contributed by atoms with Gasteiger partial charge >= 0.3 is 0 Å². The van der Waals surface area contributed by atoms with Crippen LogP contribution in [0.3, 0.4) is 0 Å². The zero-order chi connectivity index (χ0) is 14.5. The lowest BCUT2D eigenvalue weighted by Gasteiger charge is -2.24. The molecule has 1 saturated heterocycles. The second-order valence-corrected chi connectivity index (χ2v) is 4.24. The van der Waals surface area contributed by atoms with Crippen molar-refractivity contribution >= 4 is 23.8 Å². The van der Waals surface area contributed by atoms with Crippen LogP contribution >= 0.6 is 0 Å². The van der Waals surface area contributed by atoms with E-state index in [0.717, 1.165) is 4.90 Å². The van der Waals surface area contributed by atoms with E-state index in [9.17, 15) is 14.4 Å². The summed E-state index contributed by atoms with van der Waals surface area (Å²) in [6, 6.07) is 8.76. The molecule has 1 aromatic carbocycles. The first kappa shape index (κ1) is 13.5. The molecule has 0 bridgehead atoms. The van der Waals surface area contributed by atoms with Gasteiger partial charge in [-0.3, -0.25) is 19.7 Å². The number of carbonyl (C=O) groups excluding carboxylic acids is 3. The maximum absolute atomic E-state index is 11.9. The Morgan fingerprint density at radius 2 is 2.00 bits per heavy atom. The number of rotatable bonds is 2. The zero-order valence-corrected chi connectivity index (χ0v) is 10.5. The number of nitriles is 1. The van der Waals surface area contributed by atoms with E-state index >= 15 is 0 Å². The number of hydrogen-bond donors (Lipinski definition) is 1. The van der Waals surface area contributed by atoms with Gasteiger partial charge in [0.1, 0.15) is 13.1 Å². The molecule has 1 aromatic rings. The summed E-state index contributed by atoms with van der Waals surface area (Å²) < 4.78 is 0. The highest BCUT2D eigenvalue weighted by molar-refractivity contribution is 6.04. The summed E-state index contributed by atoms with van der Waals surface area (Å²) in [4.78, 5) is 35.3. The molecule has 1 N–H and O–H groups in total. The predicted molar refractivity (Wildman–Crippen MR) is 69.9 cm³/mol.